The van der Waals surface area contributed by atoms with Crippen LogP contribution in [0.3, 0.4) is 0 Å². The van der Waals surface area contributed by atoms with E-state index in [1.807, 2.05) is 0 Å². The molecule has 3 atom stereocenters. The van der Waals surface area contributed by atoms with Crippen LogP contribution >= 0.6 is 0 Å². The highest BCUT2D eigenvalue weighted by atomic mass is 16.7. The summed E-state index contributed by atoms with van der Waals surface area (Å²) in [6.45, 7) is 4.27. The third kappa shape index (κ3) is 2.04. The van der Waals surface area contributed by atoms with Crippen LogP contribution in [0.2, 0.25) is 0 Å². The molecule has 0 aliphatic carbocycles. The fourth-order valence-corrected chi connectivity index (χ4v) is 4.13. The zero-order valence-electron chi connectivity index (χ0n) is 12.9. The van der Waals surface area contributed by atoms with Gasteiger partial charge in [-0.15, -0.1) is 0 Å². The number of ether oxygens (including phenoxy) is 2. The molecule has 2 saturated heterocycles. The number of nitrogens with zero attached hydrogens (tertiary/aromatic N) is 1. The zero-order valence-corrected chi connectivity index (χ0v) is 12.9. The summed E-state index contributed by atoms with van der Waals surface area (Å²) in [6, 6.07) is 6.51. The second kappa shape index (κ2) is 4.89. The van der Waals surface area contributed by atoms with E-state index in [2.05, 4.69) is 42.4 Å². The van der Waals surface area contributed by atoms with E-state index < -0.39 is 0 Å². The molecule has 21 heavy (non-hydrogen) atoms. The third-order valence-electron chi connectivity index (χ3n) is 5.34. The predicted octanol–water partition coefficient (Wildman–Crippen LogP) is 2.62. The molecule has 4 rings (SSSR count). The van der Waals surface area contributed by atoms with Gasteiger partial charge in [-0.1, -0.05) is 6.92 Å². The van der Waals surface area contributed by atoms with Crippen molar-refractivity contribution < 1.29 is 9.47 Å². The SMILES string of the molecule is CN1c2ccc(OC3CCCCO3)cc2C2(C)CCNC12. The minimum absolute atomic E-state index is 0.0683. The summed E-state index contributed by atoms with van der Waals surface area (Å²) >= 11 is 0. The Balaban J connectivity index is 1.62. The van der Waals surface area contributed by atoms with E-state index in [1.54, 1.807) is 0 Å². The van der Waals surface area contributed by atoms with E-state index in [-0.39, 0.29) is 11.7 Å². The van der Waals surface area contributed by atoms with E-state index in [9.17, 15) is 0 Å². The van der Waals surface area contributed by atoms with Gasteiger partial charge in [0, 0.05) is 24.6 Å². The van der Waals surface area contributed by atoms with Crippen LogP contribution in [0.5, 0.6) is 5.75 Å². The van der Waals surface area contributed by atoms with Gasteiger partial charge < -0.3 is 14.4 Å². The maximum absolute atomic E-state index is 6.05. The molecule has 4 nitrogen and oxygen atoms in total. The number of likely N-dealkylation sites (N-methyl/N-ethyl adjacent to an activating group) is 1. The van der Waals surface area contributed by atoms with Crippen LogP contribution in [0.15, 0.2) is 18.2 Å². The van der Waals surface area contributed by atoms with Crippen LogP contribution in [-0.4, -0.2) is 32.7 Å². The van der Waals surface area contributed by atoms with Crippen molar-refractivity contribution in [2.45, 2.75) is 50.5 Å². The number of hydrogen-bond donors (Lipinski definition) is 1. The standard InChI is InChI=1S/C17H24N2O2/c1-17-8-9-18-16(17)19(2)14-7-6-12(11-13(14)17)21-15-5-3-4-10-20-15/h6-7,11,15-16,18H,3-5,8-10H2,1-2H3. The molecular weight excluding hydrogens is 264 g/mol. The molecule has 0 saturated carbocycles. The van der Waals surface area contributed by atoms with Crippen molar-refractivity contribution >= 4 is 5.69 Å². The monoisotopic (exact) mass is 288 g/mol. The van der Waals surface area contributed by atoms with Gasteiger partial charge in [0.2, 0.25) is 0 Å². The molecule has 3 aliphatic rings. The minimum atomic E-state index is -0.0683. The van der Waals surface area contributed by atoms with Gasteiger partial charge in [-0.25, -0.2) is 0 Å². The van der Waals surface area contributed by atoms with Gasteiger partial charge in [0.1, 0.15) is 5.75 Å². The first-order valence-electron chi connectivity index (χ1n) is 8.07. The number of nitrogens with one attached hydrogen (secondary N) is 1. The Hall–Kier alpha value is -1.26. The molecule has 4 heteroatoms. The third-order valence-corrected chi connectivity index (χ3v) is 5.34. The fraction of sp³-hybridized carbons (Fsp3) is 0.647. The lowest BCUT2D eigenvalue weighted by molar-refractivity contribution is -0.105. The Morgan fingerprint density at radius 2 is 2.29 bits per heavy atom. The Morgan fingerprint density at radius 3 is 3.10 bits per heavy atom. The summed E-state index contributed by atoms with van der Waals surface area (Å²) in [6.07, 6.45) is 4.87. The van der Waals surface area contributed by atoms with E-state index in [1.165, 1.54) is 24.1 Å². The molecular formula is C17H24N2O2. The van der Waals surface area contributed by atoms with Gasteiger partial charge in [-0.3, -0.25) is 5.32 Å². The maximum Gasteiger partial charge on any atom is 0.199 e. The lowest BCUT2D eigenvalue weighted by Gasteiger charge is -2.28. The quantitative estimate of drug-likeness (QED) is 0.907. The molecule has 0 amide bonds. The van der Waals surface area contributed by atoms with Gasteiger partial charge in [-0.05, 0) is 49.6 Å². The van der Waals surface area contributed by atoms with Gasteiger partial charge >= 0.3 is 0 Å². The topological polar surface area (TPSA) is 33.7 Å². The van der Waals surface area contributed by atoms with Crippen molar-refractivity contribution in [1.29, 1.82) is 0 Å². The summed E-state index contributed by atoms with van der Waals surface area (Å²) in [7, 11) is 2.18. The number of anilines is 1. The van der Waals surface area contributed by atoms with Crippen LogP contribution in [0.4, 0.5) is 5.69 Å². The molecule has 3 heterocycles. The van der Waals surface area contributed by atoms with Crippen molar-refractivity contribution in [1.82, 2.24) is 5.32 Å². The van der Waals surface area contributed by atoms with Gasteiger partial charge in [0.15, 0.2) is 6.29 Å². The number of rotatable bonds is 2. The van der Waals surface area contributed by atoms with Crippen molar-refractivity contribution in [3.05, 3.63) is 23.8 Å². The lowest BCUT2D eigenvalue weighted by atomic mass is 9.81. The molecule has 114 valence electrons. The molecule has 3 aliphatic heterocycles. The zero-order chi connectivity index (χ0) is 14.4. The second-order valence-corrected chi connectivity index (χ2v) is 6.73. The van der Waals surface area contributed by atoms with Crippen LogP contribution in [-0.2, 0) is 10.2 Å². The highest BCUT2D eigenvalue weighted by Gasteiger charge is 2.49. The number of fused-ring (bicyclic) bond motifs is 3. The highest BCUT2D eigenvalue weighted by Crippen LogP contribution is 2.49. The summed E-state index contributed by atoms with van der Waals surface area (Å²) in [5.41, 5.74) is 2.93. The van der Waals surface area contributed by atoms with Crippen LogP contribution in [0.1, 0.15) is 38.2 Å². The van der Waals surface area contributed by atoms with Gasteiger partial charge in [-0.2, -0.15) is 0 Å². The van der Waals surface area contributed by atoms with Gasteiger partial charge in [0.05, 0.1) is 12.8 Å². The van der Waals surface area contributed by atoms with E-state index in [0.717, 1.165) is 31.7 Å². The van der Waals surface area contributed by atoms with Crippen LogP contribution < -0.4 is 15.0 Å². The Kier molecular flexibility index (Phi) is 3.12. The van der Waals surface area contributed by atoms with Crippen molar-refractivity contribution in [2.75, 3.05) is 25.1 Å². The maximum atomic E-state index is 6.05. The second-order valence-electron chi connectivity index (χ2n) is 6.73. The van der Waals surface area contributed by atoms with Crippen LogP contribution in [0.25, 0.3) is 0 Å². The predicted molar refractivity (Wildman–Crippen MR) is 82.8 cm³/mol. The molecule has 0 aromatic heterocycles. The molecule has 3 unspecified atom stereocenters. The molecule has 2 fully saturated rings. The molecule has 0 spiro atoms. The molecule has 1 N–H and O–H groups in total. The van der Waals surface area contributed by atoms with Crippen molar-refractivity contribution in [2.24, 2.45) is 0 Å². The highest BCUT2D eigenvalue weighted by molar-refractivity contribution is 5.66. The summed E-state index contributed by atoms with van der Waals surface area (Å²) < 4.78 is 11.7. The fourth-order valence-electron chi connectivity index (χ4n) is 4.13. The summed E-state index contributed by atoms with van der Waals surface area (Å²) in [5.74, 6) is 0.947. The number of hydrogen-bond acceptors (Lipinski definition) is 4. The van der Waals surface area contributed by atoms with Crippen molar-refractivity contribution in [3.63, 3.8) is 0 Å². The van der Waals surface area contributed by atoms with E-state index >= 15 is 0 Å². The molecule has 1 aromatic carbocycles. The minimum Gasteiger partial charge on any atom is -0.465 e. The average Bonchev–Trinajstić information content (AvgIpc) is 2.98. The van der Waals surface area contributed by atoms with E-state index in [0.29, 0.717) is 6.17 Å². The first kappa shape index (κ1) is 13.4. The van der Waals surface area contributed by atoms with E-state index in [4.69, 9.17) is 9.47 Å². The Labute approximate surface area is 126 Å². The summed E-state index contributed by atoms with van der Waals surface area (Å²) in [4.78, 5) is 2.36. The Morgan fingerprint density at radius 1 is 1.38 bits per heavy atom. The van der Waals surface area contributed by atoms with Crippen molar-refractivity contribution in [3.8, 4) is 5.75 Å². The molecule has 1 aromatic rings. The Bertz CT molecular complexity index is 542. The molecule has 0 bridgehead atoms. The van der Waals surface area contributed by atoms with Gasteiger partial charge in [0.25, 0.3) is 0 Å². The lowest BCUT2D eigenvalue weighted by Crippen LogP contribution is -2.44. The molecule has 0 radical (unpaired) electrons. The first-order chi connectivity index (χ1) is 10.2. The smallest absolute Gasteiger partial charge is 0.199 e. The largest absolute Gasteiger partial charge is 0.465 e. The van der Waals surface area contributed by atoms with Crippen LogP contribution in [0, 0.1) is 0 Å². The first-order valence-corrected chi connectivity index (χ1v) is 8.07. The normalized spacial score (nSPS) is 34.7. The average molecular weight is 288 g/mol. The number of benzene rings is 1. The summed E-state index contributed by atoms with van der Waals surface area (Å²) in [5, 5.41) is 3.62.